The lowest BCUT2D eigenvalue weighted by atomic mass is 9.89. The largest absolute Gasteiger partial charge is 0.493 e. The van der Waals surface area contributed by atoms with Crippen LogP contribution in [0.25, 0.3) is 22.2 Å². The first kappa shape index (κ1) is 26.6. The zero-order valence-corrected chi connectivity index (χ0v) is 22.7. The lowest BCUT2D eigenvalue weighted by Crippen LogP contribution is -2.37. The van der Waals surface area contributed by atoms with Gasteiger partial charge in [0.2, 0.25) is 5.91 Å². The quantitative estimate of drug-likeness (QED) is 0.405. The monoisotopic (exact) mass is 523 g/mol. The van der Waals surface area contributed by atoms with Crippen molar-refractivity contribution in [3.05, 3.63) is 35.8 Å². The zero-order chi connectivity index (χ0) is 26.7. The lowest BCUT2D eigenvalue weighted by molar-refractivity contribution is -0.114. The van der Waals surface area contributed by atoms with Gasteiger partial charge < -0.3 is 33.7 Å². The smallest absolute Gasteiger partial charge is 0.222 e. The normalized spacial score (nSPS) is 18.9. The molecule has 0 bridgehead atoms. The molecular formula is C28H37N5O5. The molecular weight excluding hydrogens is 486 g/mol. The molecule has 1 N–H and O–H groups in total. The van der Waals surface area contributed by atoms with Gasteiger partial charge in [0.25, 0.3) is 0 Å². The minimum atomic E-state index is -0.551. The third-order valence-corrected chi connectivity index (χ3v) is 7.06. The molecule has 0 aromatic carbocycles. The van der Waals surface area contributed by atoms with E-state index in [4.69, 9.17) is 23.9 Å². The third-order valence-electron chi connectivity index (χ3n) is 7.06. The van der Waals surface area contributed by atoms with Gasteiger partial charge in [0, 0.05) is 81.8 Å². The molecule has 1 unspecified atom stereocenters. The van der Waals surface area contributed by atoms with E-state index in [1.807, 2.05) is 44.0 Å². The van der Waals surface area contributed by atoms with E-state index in [1.165, 1.54) is 6.92 Å². The number of rotatable bonds is 10. The van der Waals surface area contributed by atoms with Crippen molar-refractivity contribution in [2.75, 3.05) is 65.6 Å². The summed E-state index contributed by atoms with van der Waals surface area (Å²) in [6.07, 6.45) is 6.12. The fourth-order valence-electron chi connectivity index (χ4n) is 5.12. The zero-order valence-electron chi connectivity index (χ0n) is 22.7. The summed E-state index contributed by atoms with van der Waals surface area (Å²) >= 11 is 0. The Morgan fingerprint density at radius 1 is 1.24 bits per heavy atom. The van der Waals surface area contributed by atoms with Crippen LogP contribution in [0.1, 0.15) is 31.0 Å². The summed E-state index contributed by atoms with van der Waals surface area (Å²) in [5, 5.41) is 3.74. The molecule has 1 spiro atoms. The minimum absolute atomic E-state index is 0.164. The van der Waals surface area contributed by atoms with Crippen molar-refractivity contribution in [1.82, 2.24) is 19.4 Å². The maximum atomic E-state index is 11.6. The van der Waals surface area contributed by atoms with E-state index in [0.29, 0.717) is 45.5 Å². The van der Waals surface area contributed by atoms with Crippen LogP contribution >= 0.6 is 0 Å². The number of carbonyl (C=O) groups is 1. The highest BCUT2D eigenvalue weighted by atomic mass is 16.6. The molecule has 1 atom stereocenters. The second kappa shape index (κ2) is 11.4. The summed E-state index contributed by atoms with van der Waals surface area (Å²) in [7, 11) is 6.05. The van der Waals surface area contributed by atoms with Gasteiger partial charge in [0.15, 0.2) is 0 Å². The van der Waals surface area contributed by atoms with Gasteiger partial charge in [0.05, 0.1) is 49.5 Å². The van der Waals surface area contributed by atoms with Crippen LogP contribution in [0.15, 0.2) is 24.5 Å². The molecule has 1 fully saturated rings. The van der Waals surface area contributed by atoms with Crippen LogP contribution in [0.3, 0.4) is 0 Å². The Labute approximate surface area is 223 Å². The molecule has 10 nitrogen and oxygen atoms in total. The Kier molecular flexibility index (Phi) is 7.94. The van der Waals surface area contributed by atoms with Crippen LogP contribution in [0, 0.1) is 0 Å². The Hall–Kier alpha value is -3.05. The third kappa shape index (κ3) is 5.54. The van der Waals surface area contributed by atoms with Crippen LogP contribution in [0.4, 0.5) is 5.82 Å². The Morgan fingerprint density at radius 2 is 2.11 bits per heavy atom. The van der Waals surface area contributed by atoms with Crippen LogP contribution in [-0.4, -0.2) is 85.6 Å². The van der Waals surface area contributed by atoms with Crippen molar-refractivity contribution in [2.45, 2.75) is 31.8 Å². The SMILES string of the molecule is CC(=O)Nc1cc2c(-c3cc(OCCCOCCN(C)C)c4c(n3)C3(CCOC3)OCC4)cn(C)c2cn1. The molecule has 0 radical (unpaired) electrons. The number of nitrogens with zero attached hydrogens (tertiary/aromatic N) is 4. The molecule has 5 rings (SSSR count). The van der Waals surface area contributed by atoms with Gasteiger partial charge in [0.1, 0.15) is 17.2 Å². The summed E-state index contributed by atoms with van der Waals surface area (Å²) in [6, 6.07) is 3.93. The predicted molar refractivity (Wildman–Crippen MR) is 145 cm³/mol. The Bertz CT molecular complexity index is 1300. The molecule has 2 aliphatic heterocycles. The number of aryl methyl sites for hydroxylation is 1. The number of carbonyl (C=O) groups excluding carboxylic acids is 1. The van der Waals surface area contributed by atoms with E-state index < -0.39 is 5.60 Å². The molecule has 5 heterocycles. The second-order valence-corrected chi connectivity index (χ2v) is 10.3. The standard InChI is InChI=1S/C28H37N5O5/c1-19(34)30-26-14-21-22(17-33(4)24(21)16-29-26)23-15-25(37-10-5-9-35-13-8-32(2)3)20-6-11-38-28(27(20)31-23)7-12-36-18-28/h14-17H,5-13,18H2,1-4H3,(H,29,30,34). The first-order valence-electron chi connectivity index (χ1n) is 13.2. The molecule has 2 aliphatic rings. The van der Waals surface area contributed by atoms with Gasteiger partial charge in [-0.1, -0.05) is 0 Å². The lowest BCUT2D eigenvalue weighted by Gasteiger charge is -2.34. The number of anilines is 1. The topological polar surface area (TPSA) is 100.0 Å². The molecule has 0 aliphatic carbocycles. The summed E-state index contributed by atoms with van der Waals surface area (Å²) in [5.41, 5.74) is 4.13. The molecule has 204 valence electrons. The molecule has 38 heavy (non-hydrogen) atoms. The molecule has 3 aromatic rings. The maximum Gasteiger partial charge on any atom is 0.222 e. The number of ether oxygens (including phenoxy) is 4. The number of likely N-dealkylation sites (N-methyl/N-ethyl adjacent to an activating group) is 1. The summed E-state index contributed by atoms with van der Waals surface area (Å²) in [5.74, 6) is 1.18. The number of aromatic nitrogens is 3. The van der Waals surface area contributed by atoms with Crippen molar-refractivity contribution in [3.63, 3.8) is 0 Å². The molecule has 0 saturated carbocycles. The molecule has 1 saturated heterocycles. The Balaban J connectivity index is 1.48. The summed E-state index contributed by atoms with van der Waals surface area (Å²) < 4.78 is 26.3. The van der Waals surface area contributed by atoms with E-state index in [-0.39, 0.29) is 5.91 Å². The van der Waals surface area contributed by atoms with Crippen LogP contribution in [0.5, 0.6) is 5.75 Å². The first-order chi connectivity index (χ1) is 18.4. The maximum absolute atomic E-state index is 11.6. The summed E-state index contributed by atoms with van der Waals surface area (Å²) in [6.45, 7) is 6.03. The highest BCUT2D eigenvalue weighted by Crippen LogP contribution is 2.44. The molecule has 3 aromatic heterocycles. The highest BCUT2D eigenvalue weighted by molar-refractivity contribution is 5.98. The fourth-order valence-corrected chi connectivity index (χ4v) is 5.12. The first-order valence-corrected chi connectivity index (χ1v) is 13.2. The van der Waals surface area contributed by atoms with Gasteiger partial charge in [-0.2, -0.15) is 0 Å². The predicted octanol–water partition coefficient (Wildman–Crippen LogP) is 3.13. The van der Waals surface area contributed by atoms with Crippen LogP contribution < -0.4 is 10.1 Å². The van der Waals surface area contributed by atoms with Crippen LogP contribution in [-0.2, 0) is 38.1 Å². The fraction of sp³-hybridized carbons (Fsp3) is 0.536. The van der Waals surface area contributed by atoms with Gasteiger partial charge >= 0.3 is 0 Å². The van der Waals surface area contributed by atoms with Gasteiger partial charge in [-0.05, 0) is 20.2 Å². The van der Waals surface area contributed by atoms with Crippen molar-refractivity contribution < 1.29 is 23.7 Å². The minimum Gasteiger partial charge on any atom is -0.493 e. The number of pyridine rings is 2. The number of nitrogens with one attached hydrogen (secondary N) is 1. The van der Waals surface area contributed by atoms with Crippen molar-refractivity contribution in [2.24, 2.45) is 7.05 Å². The van der Waals surface area contributed by atoms with E-state index >= 15 is 0 Å². The average Bonchev–Trinajstić information content (AvgIpc) is 3.48. The molecule has 1 amide bonds. The number of fused-ring (bicyclic) bond motifs is 3. The van der Waals surface area contributed by atoms with Crippen molar-refractivity contribution >= 4 is 22.6 Å². The number of amides is 1. The van der Waals surface area contributed by atoms with Gasteiger partial charge in [-0.25, -0.2) is 9.97 Å². The van der Waals surface area contributed by atoms with Crippen molar-refractivity contribution in [3.8, 4) is 17.0 Å². The summed E-state index contributed by atoms with van der Waals surface area (Å²) in [4.78, 5) is 23.3. The Morgan fingerprint density at radius 3 is 2.87 bits per heavy atom. The number of hydrogen-bond acceptors (Lipinski definition) is 8. The van der Waals surface area contributed by atoms with Crippen LogP contribution in [0.2, 0.25) is 0 Å². The number of hydrogen-bond donors (Lipinski definition) is 1. The van der Waals surface area contributed by atoms with E-state index in [9.17, 15) is 4.79 Å². The van der Waals surface area contributed by atoms with Crippen molar-refractivity contribution in [1.29, 1.82) is 0 Å². The average molecular weight is 524 g/mol. The highest BCUT2D eigenvalue weighted by Gasteiger charge is 2.44. The van der Waals surface area contributed by atoms with Gasteiger partial charge in [-0.15, -0.1) is 0 Å². The second-order valence-electron chi connectivity index (χ2n) is 10.3. The van der Waals surface area contributed by atoms with E-state index in [1.54, 1.807) is 6.20 Å². The van der Waals surface area contributed by atoms with E-state index in [0.717, 1.165) is 65.0 Å². The van der Waals surface area contributed by atoms with E-state index in [2.05, 4.69) is 15.2 Å². The molecule has 10 heteroatoms. The van der Waals surface area contributed by atoms with Gasteiger partial charge in [-0.3, -0.25) is 4.79 Å².